The van der Waals surface area contributed by atoms with Crippen LogP contribution < -0.4 is 4.57 Å². The Morgan fingerprint density at radius 1 is 0.867 bits per heavy atom. The van der Waals surface area contributed by atoms with Crippen molar-refractivity contribution in [3.8, 4) is 0 Å². The summed E-state index contributed by atoms with van der Waals surface area (Å²) in [4.78, 5) is 26.7. The van der Waals surface area contributed by atoms with Gasteiger partial charge in [0.2, 0.25) is 23.0 Å². The van der Waals surface area contributed by atoms with E-state index in [1.54, 1.807) is 12.1 Å². The number of carbonyl (C=O) groups is 2. The van der Waals surface area contributed by atoms with Gasteiger partial charge >= 0.3 is 0 Å². The number of nitrogens with zero attached hydrogens (tertiary/aromatic N) is 2. The van der Waals surface area contributed by atoms with Crippen LogP contribution in [0.4, 0.5) is 0 Å². The summed E-state index contributed by atoms with van der Waals surface area (Å²) in [6.07, 6.45) is 10.0. The molecule has 0 fully saturated rings. The van der Waals surface area contributed by atoms with Crippen molar-refractivity contribution in [1.82, 2.24) is 4.57 Å². The molecule has 0 unspecified atom stereocenters. The first kappa shape index (κ1) is 22.5. The third-order valence-electron chi connectivity index (χ3n) is 6.17. The molecule has 162 valence electrons. The molecule has 4 heteroatoms. The normalized spacial score (nSPS) is 13.1. The highest BCUT2D eigenvalue weighted by Gasteiger charge is 2.42. The monoisotopic (exact) mass is 409 g/mol. The van der Waals surface area contributed by atoms with Gasteiger partial charge in [0.15, 0.2) is 0 Å². The molecule has 30 heavy (non-hydrogen) atoms. The van der Waals surface area contributed by atoms with Crippen LogP contribution in [0.2, 0.25) is 0 Å². The maximum absolute atomic E-state index is 13.4. The molecular weight excluding hydrogens is 372 g/mol. The van der Waals surface area contributed by atoms with E-state index in [1.807, 2.05) is 12.1 Å². The quantitative estimate of drug-likeness (QED) is 0.303. The van der Waals surface area contributed by atoms with Gasteiger partial charge in [0.1, 0.15) is 0 Å². The summed E-state index contributed by atoms with van der Waals surface area (Å²) in [7, 11) is 0. The van der Waals surface area contributed by atoms with Crippen molar-refractivity contribution in [2.24, 2.45) is 5.92 Å². The van der Waals surface area contributed by atoms with E-state index in [2.05, 4.69) is 36.8 Å². The zero-order chi connectivity index (χ0) is 21.7. The second-order valence-corrected chi connectivity index (χ2v) is 9.08. The van der Waals surface area contributed by atoms with Crippen LogP contribution in [0.15, 0.2) is 24.3 Å². The zero-order valence-electron chi connectivity index (χ0n) is 19.2. The Bertz CT molecular complexity index is 908. The molecule has 0 aliphatic heterocycles. The lowest BCUT2D eigenvalue weighted by Gasteiger charge is -2.13. The SMILES string of the molecule is CCCCCCCCCCn1c2c([n+](CC(C)C)c1C)C(=O)c1ccccc1C2=O. The number of rotatable bonds is 11. The molecular formula is C26H37N2O2+. The summed E-state index contributed by atoms with van der Waals surface area (Å²) in [5.41, 5.74) is 2.27. The Morgan fingerprint density at radius 2 is 1.43 bits per heavy atom. The minimum Gasteiger partial charge on any atom is -0.284 e. The summed E-state index contributed by atoms with van der Waals surface area (Å²) in [6.45, 7) is 10.2. The number of unbranched alkanes of at least 4 members (excludes halogenated alkanes) is 7. The molecule has 0 saturated heterocycles. The molecule has 1 aromatic carbocycles. The molecule has 3 rings (SSSR count). The lowest BCUT2D eigenvalue weighted by atomic mass is 9.89. The second-order valence-electron chi connectivity index (χ2n) is 9.08. The van der Waals surface area contributed by atoms with E-state index < -0.39 is 0 Å². The van der Waals surface area contributed by atoms with Gasteiger partial charge < -0.3 is 0 Å². The van der Waals surface area contributed by atoms with Gasteiger partial charge in [0.05, 0.1) is 13.1 Å². The summed E-state index contributed by atoms with van der Waals surface area (Å²) in [6, 6.07) is 7.25. The molecule has 1 aromatic heterocycles. The van der Waals surface area contributed by atoms with Gasteiger partial charge in [-0.3, -0.25) is 9.59 Å². The number of benzene rings is 1. The average Bonchev–Trinajstić information content (AvgIpc) is 3.00. The summed E-state index contributed by atoms with van der Waals surface area (Å²) in [5, 5.41) is 0. The van der Waals surface area contributed by atoms with Crippen molar-refractivity contribution < 1.29 is 14.2 Å². The van der Waals surface area contributed by atoms with E-state index in [4.69, 9.17) is 0 Å². The molecule has 1 aliphatic carbocycles. The van der Waals surface area contributed by atoms with E-state index in [9.17, 15) is 9.59 Å². The number of fused-ring (bicyclic) bond motifs is 2. The molecule has 0 bridgehead atoms. The fourth-order valence-corrected chi connectivity index (χ4v) is 4.59. The Labute approximate surface area is 181 Å². The molecule has 0 spiro atoms. The molecule has 0 N–H and O–H groups in total. The first-order chi connectivity index (χ1) is 14.5. The number of hydrogen-bond donors (Lipinski definition) is 0. The van der Waals surface area contributed by atoms with Gasteiger partial charge in [-0.1, -0.05) is 83.6 Å². The first-order valence-corrected chi connectivity index (χ1v) is 11.8. The highest BCUT2D eigenvalue weighted by atomic mass is 16.1. The number of hydrogen-bond acceptors (Lipinski definition) is 2. The van der Waals surface area contributed by atoms with E-state index >= 15 is 0 Å². The minimum absolute atomic E-state index is 0.00892. The van der Waals surface area contributed by atoms with E-state index in [1.165, 1.54) is 44.9 Å². The highest BCUT2D eigenvalue weighted by molar-refractivity contribution is 6.26. The van der Waals surface area contributed by atoms with Gasteiger partial charge in [0, 0.05) is 18.1 Å². The van der Waals surface area contributed by atoms with E-state index in [0.29, 0.717) is 28.4 Å². The Hall–Kier alpha value is -2.23. The smallest absolute Gasteiger partial charge is 0.254 e. The van der Waals surface area contributed by atoms with Gasteiger partial charge in [-0.25, -0.2) is 9.13 Å². The van der Waals surface area contributed by atoms with Gasteiger partial charge in [-0.05, 0) is 18.8 Å². The van der Waals surface area contributed by atoms with Crippen LogP contribution in [0.25, 0.3) is 0 Å². The van der Waals surface area contributed by atoms with Gasteiger partial charge in [-0.2, -0.15) is 0 Å². The third kappa shape index (κ3) is 4.58. The zero-order valence-corrected chi connectivity index (χ0v) is 19.2. The Balaban J connectivity index is 1.82. The summed E-state index contributed by atoms with van der Waals surface area (Å²) < 4.78 is 4.20. The van der Waals surface area contributed by atoms with Crippen LogP contribution in [-0.2, 0) is 13.1 Å². The van der Waals surface area contributed by atoms with Crippen LogP contribution in [0.5, 0.6) is 0 Å². The highest BCUT2D eigenvalue weighted by Crippen LogP contribution is 2.27. The van der Waals surface area contributed by atoms with Crippen molar-refractivity contribution in [2.75, 3.05) is 0 Å². The van der Waals surface area contributed by atoms with Crippen LogP contribution in [0.1, 0.15) is 110 Å². The third-order valence-corrected chi connectivity index (χ3v) is 6.17. The maximum atomic E-state index is 13.4. The predicted octanol–water partition coefficient (Wildman–Crippen LogP) is 5.66. The van der Waals surface area contributed by atoms with Crippen LogP contribution in [0, 0.1) is 12.8 Å². The van der Waals surface area contributed by atoms with Crippen LogP contribution >= 0.6 is 0 Å². The van der Waals surface area contributed by atoms with Crippen LogP contribution in [0.3, 0.4) is 0 Å². The fraction of sp³-hybridized carbons (Fsp3) is 0.577. The van der Waals surface area contributed by atoms with Crippen molar-refractivity contribution in [1.29, 1.82) is 0 Å². The van der Waals surface area contributed by atoms with E-state index in [0.717, 1.165) is 25.3 Å². The lowest BCUT2D eigenvalue weighted by molar-refractivity contribution is -0.709. The number of aromatic nitrogens is 2. The van der Waals surface area contributed by atoms with Crippen molar-refractivity contribution in [3.05, 3.63) is 52.6 Å². The Morgan fingerprint density at radius 3 is 2.03 bits per heavy atom. The second kappa shape index (κ2) is 10.2. The van der Waals surface area contributed by atoms with Crippen LogP contribution in [-0.4, -0.2) is 16.1 Å². The molecule has 1 heterocycles. The molecule has 0 amide bonds. The summed E-state index contributed by atoms with van der Waals surface area (Å²) in [5.74, 6) is 1.40. The number of carbonyl (C=O) groups excluding carboxylic acids is 2. The van der Waals surface area contributed by atoms with Crippen molar-refractivity contribution in [2.45, 2.75) is 92.2 Å². The predicted molar refractivity (Wildman–Crippen MR) is 120 cm³/mol. The largest absolute Gasteiger partial charge is 0.284 e. The topological polar surface area (TPSA) is 43.0 Å². The van der Waals surface area contributed by atoms with Gasteiger partial charge in [-0.15, -0.1) is 0 Å². The standard InChI is InChI=1S/C26H37N2O2/c1-5-6-7-8-9-10-11-14-17-27-20(4)28(18-19(2)3)24-23(27)25(29)21-15-12-13-16-22(21)26(24)30/h12-13,15-16,19H,5-11,14,17-18H2,1-4H3/q+1. The van der Waals surface area contributed by atoms with E-state index in [-0.39, 0.29) is 11.6 Å². The molecule has 0 radical (unpaired) electrons. The lowest BCUT2D eigenvalue weighted by Crippen LogP contribution is -2.44. The molecule has 1 aliphatic rings. The van der Waals surface area contributed by atoms with Crippen molar-refractivity contribution >= 4 is 11.6 Å². The first-order valence-electron chi connectivity index (χ1n) is 11.8. The molecule has 0 atom stereocenters. The molecule has 2 aromatic rings. The number of imidazole rings is 1. The van der Waals surface area contributed by atoms with Gasteiger partial charge in [0.25, 0.3) is 5.82 Å². The fourth-order valence-electron chi connectivity index (χ4n) is 4.59. The number of ketones is 2. The molecule has 4 nitrogen and oxygen atoms in total. The minimum atomic E-state index is -0.0152. The van der Waals surface area contributed by atoms with Crippen molar-refractivity contribution in [3.63, 3.8) is 0 Å². The Kier molecular flexibility index (Phi) is 7.63. The molecule has 0 saturated carbocycles. The average molecular weight is 410 g/mol. The summed E-state index contributed by atoms with van der Waals surface area (Å²) >= 11 is 0. The maximum Gasteiger partial charge on any atom is 0.254 e.